The Balaban J connectivity index is 2.70. The molecule has 0 amide bonds. The number of aromatic carboxylic acids is 1. The number of nitrogens with zero attached hydrogens (tertiary/aromatic N) is 1. The number of pyridine rings is 1. The summed E-state index contributed by atoms with van der Waals surface area (Å²) >= 11 is 1.04. The molecule has 1 aliphatic heterocycles. The Labute approximate surface area is 125 Å². The van der Waals surface area contributed by atoms with Crippen molar-refractivity contribution in [3.63, 3.8) is 0 Å². The van der Waals surface area contributed by atoms with Crippen LogP contribution in [-0.4, -0.2) is 21.4 Å². The number of halogens is 3. The maximum Gasteiger partial charge on any atom is 0.342 e. The van der Waals surface area contributed by atoms with Crippen molar-refractivity contribution in [3.8, 4) is 0 Å². The van der Waals surface area contributed by atoms with Crippen LogP contribution in [0.4, 0.5) is 18.9 Å². The standard InChI is InChI=1S/C13H9F3N2O3S/c1-3-2-22-12-5(13(20)21)11(19)4-9(17)7(15)6(14)8(16)10(4)18(3)12/h3H,2,17H2,1H3,(H,20,21)/t3-/m1/s1. The van der Waals surface area contributed by atoms with Crippen molar-refractivity contribution < 1.29 is 23.1 Å². The second-order valence-corrected chi connectivity index (χ2v) is 5.93. The number of carboxylic acid groups (broad SMARTS) is 1. The van der Waals surface area contributed by atoms with Gasteiger partial charge in [0.2, 0.25) is 5.43 Å². The predicted molar refractivity (Wildman–Crippen MR) is 74.9 cm³/mol. The Kier molecular flexibility index (Phi) is 3.13. The smallest absolute Gasteiger partial charge is 0.342 e. The topological polar surface area (TPSA) is 85.3 Å². The van der Waals surface area contributed by atoms with Crippen LogP contribution in [-0.2, 0) is 0 Å². The lowest BCUT2D eigenvalue weighted by molar-refractivity contribution is 0.0690. The molecule has 0 bridgehead atoms. The number of anilines is 1. The zero-order valence-electron chi connectivity index (χ0n) is 11.1. The average Bonchev–Trinajstić information content (AvgIpc) is 2.82. The molecule has 3 rings (SSSR count). The molecule has 0 unspecified atom stereocenters. The Hall–Kier alpha value is -2.16. The van der Waals surface area contributed by atoms with Crippen molar-refractivity contribution >= 4 is 34.3 Å². The molecule has 3 N–H and O–H groups in total. The van der Waals surface area contributed by atoms with E-state index >= 15 is 0 Å². The quantitative estimate of drug-likeness (QED) is 0.619. The van der Waals surface area contributed by atoms with Gasteiger partial charge in [-0.3, -0.25) is 4.79 Å². The van der Waals surface area contributed by atoms with Crippen LogP contribution >= 0.6 is 11.8 Å². The first-order valence-corrected chi connectivity index (χ1v) is 7.16. The molecule has 0 spiro atoms. The first kappa shape index (κ1) is 14.8. The number of carbonyl (C=O) groups is 1. The summed E-state index contributed by atoms with van der Waals surface area (Å²) in [4.78, 5) is 23.7. The van der Waals surface area contributed by atoms with Gasteiger partial charge in [-0.1, -0.05) is 0 Å². The van der Waals surface area contributed by atoms with Crippen LogP contribution < -0.4 is 11.2 Å². The van der Waals surface area contributed by atoms with Crippen LogP contribution in [0.15, 0.2) is 9.82 Å². The number of rotatable bonds is 1. The zero-order chi connectivity index (χ0) is 16.3. The van der Waals surface area contributed by atoms with Crippen LogP contribution in [0, 0.1) is 17.5 Å². The lowest BCUT2D eigenvalue weighted by Gasteiger charge is -2.17. The molecule has 0 saturated carbocycles. The normalized spacial score (nSPS) is 17.0. The molecule has 2 aromatic rings. The molecule has 0 fully saturated rings. The van der Waals surface area contributed by atoms with Gasteiger partial charge in [-0.05, 0) is 6.92 Å². The molecule has 1 aromatic heterocycles. The maximum atomic E-state index is 14.2. The molecule has 1 aliphatic rings. The average molecular weight is 330 g/mol. The lowest BCUT2D eigenvalue weighted by Crippen LogP contribution is -2.23. The summed E-state index contributed by atoms with van der Waals surface area (Å²) in [6, 6.07) is -0.403. The van der Waals surface area contributed by atoms with Crippen LogP contribution in [0.2, 0.25) is 0 Å². The van der Waals surface area contributed by atoms with E-state index in [0.29, 0.717) is 5.75 Å². The van der Waals surface area contributed by atoms with Gasteiger partial charge in [0.05, 0.1) is 21.6 Å². The van der Waals surface area contributed by atoms with Crippen molar-refractivity contribution in [2.45, 2.75) is 18.0 Å². The van der Waals surface area contributed by atoms with Gasteiger partial charge in [0.25, 0.3) is 0 Å². The number of hydrogen-bond acceptors (Lipinski definition) is 4. The van der Waals surface area contributed by atoms with E-state index in [9.17, 15) is 27.9 Å². The minimum Gasteiger partial charge on any atom is -0.477 e. The van der Waals surface area contributed by atoms with Crippen molar-refractivity contribution in [1.29, 1.82) is 0 Å². The zero-order valence-corrected chi connectivity index (χ0v) is 11.9. The van der Waals surface area contributed by atoms with Gasteiger partial charge in [-0.15, -0.1) is 11.8 Å². The molecule has 1 aromatic carbocycles. The van der Waals surface area contributed by atoms with E-state index in [1.165, 1.54) is 4.57 Å². The third-order valence-corrected chi connectivity index (χ3v) is 4.90. The maximum absolute atomic E-state index is 14.2. The van der Waals surface area contributed by atoms with Crippen molar-refractivity contribution in [2.75, 3.05) is 11.5 Å². The van der Waals surface area contributed by atoms with E-state index in [4.69, 9.17) is 5.73 Å². The van der Waals surface area contributed by atoms with E-state index in [1.54, 1.807) is 6.92 Å². The summed E-state index contributed by atoms with van der Waals surface area (Å²) in [5.74, 6) is -6.19. The summed E-state index contributed by atoms with van der Waals surface area (Å²) in [5, 5.41) is 8.60. The minimum atomic E-state index is -1.79. The Bertz CT molecular complexity index is 910. The summed E-state index contributed by atoms with van der Waals surface area (Å²) in [6.45, 7) is 1.65. The number of fused-ring (bicyclic) bond motifs is 3. The summed E-state index contributed by atoms with van der Waals surface area (Å²) in [7, 11) is 0. The fourth-order valence-electron chi connectivity index (χ4n) is 2.59. The van der Waals surface area contributed by atoms with Crippen molar-refractivity contribution in [3.05, 3.63) is 33.2 Å². The number of carboxylic acids is 1. The summed E-state index contributed by atoms with van der Waals surface area (Å²) in [5.41, 5.74) is 2.28. The van der Waals surface area contributed by atoms with Gasteiger partial charge in [-0.25, -0.2) is 18.0 Å². The fourth-order valence-corrected chi connectivity index (χ4v) is 3.87. The number of nitrogen functional groups attached to an aromatic ring is 1. The third kappa shape index (κ3) is 1.68. The number of thioether (sulfide) groups is 1. The van der Waals surface area contributed by atoms with E-state index < -0.39 is 57.0 Å². The third-order valence-electron chi connectivity index (χ3n) is 3.58. The number of aromatic nitrogens is 1. The van der Waals surface area contributed by atoms with Crippen molar-refractivity contribution in [1.82, 2.24) is 4.57 Å². The Morgan fingerprint density at radius 1 is 1.32 bits per heavy atom. The molecule has 2 heterocycles. The second-order valence-electron chi connectivity index (χ2n) is 4.92. The van der Waals surface area contributed by atoms with Gasteiger partial charge >= 0.3 is 5.97 Å². The van der Waals surface area contributed by atoms with Gasteiger partial charge in [-0.2, -0.15) is 0 Å². The predicted octanol–water partition coefficient (Wildman–Crippen LogP) is 2.37. The Morgan fingerprint density at radius 2 is 1.95 bits per heavy atom. The molecule has 22 heavy (non-hydrogen) atoms. The van der Waals surface area contributed by atoms with Gasteiger partial charge in [0.1, 0.15) is 5.56 Å². The molecular formula is C13H9F3N2O3S. The number of benzene rings is 1. The monoisotopic (exact) mass is 330 g/mol. The minimum absolute atomic E-state index is 0.0156. The first-order chi connectivity index (χ1) is 10.3. The fraction of sp³-hybridized carbons (Fsp3) is 0.231. The molecule has 5 nitrogen and oxygen atoms in total. The molecule has 9 heteroatoms. The molecule has 0 aliphatic carbocycles. The highest BCUT2D eigenvalue weighted by atomic mass is 32.2. The lowest BCUT2D eigenvalue weighted by atomic mass is 10.1. The van der Waals surface area contributed by atoms with Crippen LogP contribution in [0.1, 0.15) is 23.3 Å². The highest BCUT2D eigenvalue weighted by Gasteiger charge is 2.33. The molecular weight excluding hydrogens is 321 g/mol. The molecule has 0 saturated heterocycles. The second kappa shape index (κ2) is 4.67. The number of hydrogen-bond donors (Lipinski definition) is 2. The number of nitrogens with two attached hydrogens (primary N) is 1. The SMILES string of the molecule is C[C@@H]1CSc2c(C(=O)O)c(=O)c3c(N)c(F)c(F)c(F)c3n21. The van der Waals surface area contributed by atoms with E-state index in [-0.39, 0.29) is 5.03 Å². The van der Waals surface area contributed by atoms with Gasteiger partial charge in [0, 0.05) is 11.8 Å². The van der Waals surface area contributed by atoms with E-state index in [2.05, 4.69) is 0 Å². The van der Waals surface area contributed by atoms with Crippen LogP contribution in [0.5, 0.6) is 0 Å². The highest BCUT2D eigenvalue weighted by molar-refractivity contribution is 7.99. The van der Waals surface area contributed by atoms with Gasteiger partial charge < -0.3 is 15.4 Å². The van der Waals surface area contributed by atoms with Crippen LogP contribution in [0.25, 0.3) is 10.9 Å². The van der Waals surface area contributed by atoms with Crippen LogP contribution in [0.3, 0.4) is 0 Å². The summed E-state index contributed by atoms with van der Waals surface area (Å²) in [6.07, 6.45) is 0. The largest absolute Gasteiger partial charge is 0.477 e. The highest BCUT2D eigenvalue weighted by Crippen LogP contribution is 2.40. The molecule has 0 radical (unpaired) electrons. The van der Waals surface area contributed by atoms with E-state index in [0.717, 1.165) is 11.8 Å². The van der Waals surface area contributed by atoms with E-state index in [1.807, 2.05) is 0 Å². The summed E-state index contributed by atoms with van der Waals surface area (Å²) < 4.78 is 42.7. The molecule has 116 valence electrons. The molecule has 1 atom stereocenters. The first-order valence-electron chi connectivity index (χ1n) is 6.17. The van der Waals surface area contributed by atoms with Gasteiger partial charge in [0.15, 0.2) is 17.5 Å². The Morgan fingerprint density at radius 3 is 2.55 bits per heavy atom. The van der Waals surface area contributed by atoms with Crippen molar-refractivity contribution in [2.24, 2.45) is 0 Å².